The topological polar surface area (TPSA) is 64.6 Å². The fourth-order valence-corrected chi connectivity index (χ4v) is 2.99. The minimum Gasteiger partial charge on any atom is -0.478 e. The lowest BCUT2D eigenvalue weighted by Crippen LogP contribution is -2.47. The van der Waals surface area contributed by atoms with Crippen molar-refractivity contribution in [3.63, 3.8) is 0 Å². The number of rotatable bonds is 2. The summed E-state index contributed by atoms with van der Waals surface area (Å²) in [5.74, 6) is -0.872. The van der Waals surface area contributed by atoms with E-state index in [1.165, 1.54) is 0 Å². The van der Waals surface area contributed by atoms with Crippen molar-refractivity contribution >= 4 is 17.3 Å². The van der Waals surface area contributed by atoms with Crippen LogP contribution in [0.2, 0.25) is 0 Å². The Morgan fingerprint density at radius 3 is 2.79 bits per heavy atom. The summed E-state index contributed by atoms with van der Waals surface area (Å²) < 4.78 is 0. The maximum absolute atomic E-state index is 11.0. The van der Waals surface area contributed by atoms with E-state index in [2.05, 4.69) is 15.5 Å². The average Bonchev–Trinajstić information content (AvgIpc) is 2.47. The number of hydrogen-bond donors (Lipinski definition) is 3. The number of nitrogens with zero attached hydrogens (tertiary/aromatic N) is 1. The minimum atomic E-state index is -0.872. The molecule has 0 atom stereocenters. The van der Waals surface area contributed by atoms with Gasteiger partial charge in [-0.1, -0.05) is 0 Å². The molecule has 0 aliphatic carbocycles. The van der Waals surface area contributed by atoms with Gasteiger partial charge in [-0.3, -0.25) is 0 Å². The largest absolute Gasteiger partial charge is 0.478 e. The zero-order valence-corrected chi connectivity index (χ0v) is 10.9. The number of piperidine rings is 1. The van der Waals surface area contributed by atoms with Crippen LogP contribution in [0.25, 0.3) is 0 Å². The smallest absolute Gasteiger partial charge is 0.335 e. The number of aromatic carboxylic acids is 1. The zero-order chi connectivity index (χ0) is 13.2. The number of carboxylic acid groups (broad SMARTS) is 1. The molecule has 5 heteroatoms. The molecule has 3 rings (SSSR count). The zero-order valence-electron chi connectivity index (χ0n) is 10.9. The second-order valence-corrected chi connectivity index (χ2v) is 5.14. The fourth-order valence-electron chi connectivity index (χ4n) is 2.99. The van der Waals surface area contributed by atoms with Gasteiger partial charge in [-0.2, -0.15) is 0 Å². The Labute approximate surface area is 112 Å². The molecule has 0 unspecified atom stereocenters. The van der Waals surface area contributed by atoms with Crippen LogP contribution in [0.1, 0.15) is 23.2 Å². The summed E-state index contributed by atoms with van der Waals surface area (Å²) in [4.78, 5) is 13.4. The van der Waals surface area contributed by atoms with Crippen molar-refractivity contribution < 1.29 is 9.90 Å². The van der Waals surface area contributed by atoms with E-state index in [1.807, 2.05) is 6.07 Å². The van der Waals surface area contributed by atoms with Crippen molar-refractivity contribution in [3.05, 3.63) is 23.8 Å². The van der Waals surface area contributed by atoms with Crippen LogP contribution in [0.5, 0.6) is 0 Å². The first-order valence-electron chi connectivity index (χ1n) is 6.84. The molecule has 1 aromatic rings. The van der Waals surface area contributed by atoms with Gasteiger partial charge in [0.1, 0.15) is 0 Å². The van der Waals surface area contributed by atoms with Crippen molar-refractivity contribution in [1.29, 1.82) is 0 Å². The number of anilines is 2. The van der Waals surface area contributed by atoms with Crippen LogP contribution >= 0.6 is 0 Å². The number of carbonyl (C=O) groups is 1. The molecule has 1 saturated heterocycles. The van der Waals surface area contributed by atoms with Crippen LogP contribution in [0.3, 0.4) is 0 Å². The highest BCUT2D eigenvalue weighted by molar-refractivity contribution is 5.91. The van der Waals surface area contributed by atoms with Gasteiger partial charge in [-0.25, -0.2) is 4.79 Å². The molecule has 0 radical (unpaired) electrons. The Kier molecular flexibility index (Phi) is 3.29. The summed E-state index contributed by atoms with van der Waals surface area (Å²) in [5.41, 5.74) is 2.44. The number of benzene rings is 1. The summed E-state index contributed by atoms with van der Waals surface area (Å²) in [6.07, 6.45) is 2.31. The van der Waals surface area contributed by atoms with Crippen molar-refractivity contribution in [1.82, 2.24) is 5.32 Å². The van der Waals surface area contributed by atoms with Gasteiger partial charge in [0.2, 0.25) is 0 Å². The summed E-state index contributed by atoms with van der Waals surface area (Å²) in [5, 5.41) is 15.7. The van der Waals surface area contributed by atoms with Crippen molar-refractivity contribution in [2.24, 2.45) is 0 Å². The molecule has 1 fully saturated rings. The molecule has 2 aliphatic rings. The third kappa shape index (κ3) is 2.38. The summed E-state index contributed by atoms with van der Waals surface area (Å²) >= 11 is 0. The molecule has 0 aromatic heterocycles. The molecule has 0 amide bonds. The SMILES string of the molecule is O=C(O)c1ccc2c(c1)NCCN2C1CCNCC1. The first kappa shape index (κ1) is 12.3. The highest BCUT2D eigenvalue weighted by Gasteiger charge is 2.25. The second-order valence-electron chi connectivity index (χ2n) is 5.14. The van der Waals surface area contributed by atoms with E-state index in [1.54, 1.807) is 12.1 Å². The van der Waals surface area contributed by atoms with Crippen LogP contribution < -0.4 is 15.5 Å². The lowest BCUT2D eigenvalue weighted by atomic mass is 10.0. The van der Waals surface area contributed by atoms with Crippen LogP contribution in [0.4, 0.5) is 11.4 Å². The van der Waals surface area contributed by atoms with Gasteiger partial charge in [0, 0.05) is 19.1 Å². The molecule has 5 nitrogen and oxygen atoms in total. The number of nitrogens with one attached hydrogen (secondary N) is 2. The normalized spacial score (nSPS) is 19.7. The first-order valence-corrected chi connectivity index (χ1v) is 6.84. The van der Waals surface area contributed by atoms with Gasteiger partial charge in [0.05, 0.1) is 16.9 Å². The fraction of sp³-hybridized carbons (Fsp3) is 0.500. The van der Waals surface area contributed by atoms with E-state index in [-0.39, 0.29) is 0 Å². The molecular weight excluding hydrogens is 242 g/mol. The Bertz CT molecular complexity index is 484. The third-order valence-corrected chi connectivity index (χ3v) is 3.97. The van der Waals surface area contributed by atoms with Crippen LogP contribution in [-0.4, -0.2) is 43.3 Å². The molecule has 0 spiro atoms. The molecule has 0 bridgehead atoms. The van der Waals surface area contributed by atoms with E-state index in [9.17, 15) is 4.79 Å². The number of fused-ring (bicyclic) bond motifs is 1. The molecule has 0 saturated carbocycles. The van der Waals surface area contributed by atoms with E-state index in [4.69, 9.17) is 5.11 Å². The van der Waals surface area contributed by atoms with E-state index >= 15 is 0 Å². The maximum atomic E-state index is 11.0. The molecular formula is C14H19N3O2. The van der Waals surface area contributed by atoms with Gasteiger partial charge >= 0.3 is 5.97 Å². The monoisotopic (exact) mass is 261 g/mol. The van der Waals surface area contributed by atoms with Crippen molar-refractivity contribution in [3.8, 4) is 0 Å². The standard InChI is InChI=1S/C14H19N3O2/c18-14(19)10-1-2-13-12(9-10)16-7-8-17(13)11-3-5-15-6-4-11/h1-2,9,11,15-16H,3-8H2,(H,18,19). The quantitative estimate of drug-likeness (QED) is 0.750. The Morgan fingerprint density at radius 1 is 1.26 bits per heavy atom. The predicted octanol–water partition coefficient (Wildman–Crippen LogP) is 1.37. The van der Waals surface area contributed by atoms with Gasteiger partial charge in [-0.05, 0) is 44.1 Å². The van der Waals surface area contributed by atoms with E-state index < -0.39 is 5.97 Å². The molecule has 1 aromatic carbocycles. The first-order chi connectivity index (χ1) is 9.25. The predicted molar refractivity (Wildman–Crippen MR) is 75.1 cm³/mol. The van der Waals surface area contributed by atoms with Gasteiger partial charge in [0.15, 0.2) is 0 Å². The van der Waals surface area contributed by atoms with Crippen molar-refractivity contribution in [2.75, 3.05) is 36.4 Å². The third-order valence-electron chi connectivity index (χ3n) is 3.97. The molecule has 2 heterocycles. The molecule has 102 valence electrons. The molecule has 2 aliphatic heterocycles. The van der Waals surface area contributed by atoms with Crippen LogP contribution in [-0.2, 0) is 0 Å². The Morgan fingerprint density at radius 2 is 2.05 bits per heavy atom. The molecule has 19 heavy (non-hydrogen) atoms. The number of hydrogen-bond acceptors (Lipinski definition) is 4. The van der Waals surface area contributed by atoms with Crippen molar-refractivity contribution in [2.45, 2.75) is 18.9 Å². The highest BCUT2D eigenvalue weighted by Crippen LogP contribution is 2.33. The lowest BCUT2D eigenvalue weighted by Gasteiger charge is -2.40. The average molecular weight is 261 g/mol. The molecule has 3 N–H and O–H groups in total. The summed E-state index contributed by atoms with van der Waals surface area (Å²) in [7, 11) is 0. The second kappa shape index (κ2) is 5.09. The van der Waals surface area contributed by atoms with Gasteiger partial charge < -0.3 is 20.6 Å². The van der Waals surface area contributed by atoms with E-state index in [0.717, 1.165) is 50.4 Å². The minimum absolute atomic E-state index is 0.346. The maximum Gasteiger partial charge on any atom is 0.335 e. The summed E-state index contributed by atoms with van der Waals surface area (Å²) in [6, 6.07) is 5.94. The number of carboxylic acids is 1. The lowest BCUT2D eigenvalue weighted by molar-refractivity contribution is 0.0697. The Hall–Kier alpha value is -1.75. The van der Waals surface area contributed by atoms with Gasteiger partial charge in [0.25, 0.3) is 0 Å². The van der Waals surface area contributed by atoms with Gasteiger partial charge in [-0.15, -0.1) is 0 Å². The van der Waals surface area contributed by atoms with E-state index in [0.29, 0.717) is 11.6 Å². The highest BCUT2D eigenvalue weighted by atomic mass is 16.4. The Balaban J connectivity index is 1.89. The van der Waals surface area contributed by atoms with Crippen LogP contribution in [0.15, 0.2) is 18.2 Å². The van der Waals surface area contributed by atoms with Crippen LogP contribution in [0, 0.1) is 0 Å². The summed E-state index contributed by atoms with van der Waals surface area (Å²) in [6.45, 7) is 4.00.